The second-order valence-corrected chi connectivity index (χ2v) is 5.50. The predicted octanol–water partition coefficient (Wildman–Crippen LogP) is 6.90. The molecule has 0 aliphatic rings. The average Bonchev–Trinajstić information content (AvgIpc) is 2.87. The maximum atomic E-state index is 2.26. The Kier molecular flexibility index (Phi) is 30.2. The van der Waals surface area contributed by atoms with Crippen LogP contribution in [0.25, 0.3) is 0 Å². The molecule has 1 rings (SSSR count). The molecular weight excluding hydrogens is 276 g/mol. The fourth-order valence-corrected chi connectivity index (χ4v) is 0.851. The van der Waals surface area contributed by atoms with E-state index in [0.717, 1.165) is 0 Å². The molecule has 0 aromatic heterocycles. The van der Waals surface area contributed by atoms with Gasteiger partial charge in [-0.05, 0) is 0 Å². The van der Waals surface area contributed by atoms with Crippen LogP contribution in [0.3, 0.4) is 0 Å². The van der Waals surface area contributed by atoms with Gasteiger partial charge in [-0.15, -0.1) is 0 Å². The Balaban J connectivity index is -0.0000000922. The van der Waals surface area contributed by atoms with E-state index in [4.69, 9.17) is 0 Å². The molecule has 0 saturated heterocycles. The van der Waals surface area contributed by atoms with Crippen LogP contribution in [0, 0.1) is 24.2 Å². The van der Waals surface area contributed by atoms with Gasteiger partial charge in [-0.1, -0.05) is 27.7 Å². The van der Waals surface area contributed by atoms with Gasteiger partial charge in [0.05, 0.1) is 0 Å². The first kappa shape index (κ1) is 28.3. The fraction of sp³-hybridized carbons (Fsp3) is 0.579. The van der Waals surface area contributed by atoms with Crippen LogP contribution in [0.4, 0.5) is 0 Å². The van der Waals surface area contributed by atoms with Crippen molar-refractivity contribution in [2.24, 2.45) is 5.41 Å². The number of hydrogen-bond donors (Lipinski definition) is 0. The van der Waals surface area contributed by atoms with Crippen LogP contribution >= 0.6 is 0 Å². The molecule has 0 fully saturated rings. The topological polar surface area (TPSA) is 0 Å². The van der Waals surface area contributed by atoms with Crippen molar-refractivity contribution in [2.75, 3.05) is 0 Å². The van der Waals surface area contributed by atoms with Crippen LogP contribution in [-0.4, -0.2) is 0 Å². The summed E-state index contributed by atoms with van der Waals surface area (Å²) in [5.74, 6) is 1.58. The quantitative estimate of drug-likeness (QED) is 0.391. The molecule has 0 bridgehead atoms. The largest absolute Gasteiger partial charge is 4.00 e. The van der Waals surface area contributed by atoms with E-state index in [2.05, 4.69) is 34.6 Å². The van der Waals surface area contributed by atoms with Crippen LogP contribution in [0.5, 0.6) is 0 Å². The Labute approximate surface area is 145 Å². The zero-order valence-electron chi connectivity index (χ0n) is 15.2. The fourth-order valence-electron chi connectivity index (χ4n) is 0.851. The van der Waals surface area contributed by atoms with E-state index in [1.807, 2.05) is 70.9 Å². The molecule has 0 heterocycles. The van der Waals surface area contributed by atoms with Crippen LogP contribution in [0.2, 0.25) is 0 Å². The molecule has 0 saturated carbocycles. The zero-order valence-corrected chi connectivity index (χ0v) is 16.8. The maximum Gasteiger partial charge on any atom is 4.00 e. The molecule has 0 N–H and O–H groups in total. The van der Waals surface area contributed by atoms with Crippen LogP contribution < -0.4 is 0 Å². The van der Waals surface area contributed by atoms with E-state index in [1.54, 1.807) is 5.92 Å². The van der Waals surface area contributed by atoms with Gasteiger partial charge in [0.15, 0.2) is 0 Å². The molecule has 0 radical (unpaired) electrons. The van der Waals surface area contributed by atoms with E-state index in [0.29, 0.717) is 5.41 Å². The van der Waals surface area contributed by atoms with Gasteiger partial charge in [0.2, 0.25) is 0 Å². The third-order valence-electron chi connectivity index (χ3n) is 2.37. The first-order chi connectivity index (χ1) is 8.81. The Morgan fingerprint density at radius 1 is 0.950 bits per heavy atom. The monoisotopic (exact) mass is 312 g/mol. The minimum Gasteiger partial charge on any atom is -0.335 e. The van der Waals surface area contributed by atoms with Crippen molar-refractivity contribution >= 4 is 0 Å². The van der Waals surface area contributed by atoms with E-state index < -0.39 is 0 Å². The van der Waals surface area contributed by atoms with Gasteiger partial charge in [-0.25, -0.2) is 12.1 Å². The molecule has 0 aliphatic carbocycles. The third kappa shape index (κ3) is 30.8. The molecule has 0 aliphatic heterocycles. The first-order valence-electron chi connectivity index (χ1n) is 7.29. The molecule has 0 nitrogen and oxygen atoms in total. The van der Waals surface area contributed by atoms with Crippen LogP contribution in [-0.2, 0) is 21.7 Å². The Morgan fingerprint density at radius 2 is 1.25 bits per heavy atom. The van der Waals surface area contributed by atoms with E-state index in [9.17, 15) is 0 Å². The summed E-state index contributed by atoms with van der Waals surface area (Å²) >= 11 is 0. The average molecular weight is 312 g/mol. The maximum absolute atomic E-state index is 2.26. The molecule has 0 amide bonds. The van der Waals surface area contributed by atoms with Crippen molar-refractivity contribution in [1.82, 2.24) is 0 Å². The summed E-state index contributed by atoms with van der Waals surface area (Å²) in [6.07, 6.45) is 5.21. The third-order valence-corrected chi connectivity index (χ3v) is 2.37. The van der Waals surface area contributed by atoms with Gasteiger partial charge in [0.25, 0.3) is 0 Å². The minimum absolute atomic E-state index is 0. The number of hydrogen-bond acceptors (Lipinski definition) is 0. The number of rotatable bonds is 1. The van der Waals surface area contributed by atoms with E-state index in [1.165, 1.54) is 6.42 Å². The molecular formula is C19H36Ti. The molecule has 116 valence electrons. The predicted molar refractivity (Wildman–Crippen MR) is 92.0 cm³/mol. The first-order valence-corrected chi connectivity index (χ1v) is 7.29. The summed E-state index contributed by atoms with van der Waals surface area (Å²) in [5, 5.41) is 0. The van der Waals surface area contributed by atoms with Gasteiger partial charge >= 0.3 is 21.7 Å². The van der Waals surface area contributed by atoms with Gasteiger partial charge in [0.1, 0.15) is 0 Å². The summed E-state index contributed by atoms with van der Waals surface area (Å²) in [5.41, 5.74) is 0.425. The molecule has 1 aromatic rings. The molecule has 0 spiro atoms. The Morgan fingerprint density at radius 3 is 1.30 bits per heavy atom. The van der Waals surface area contributed by atoms with Gasteiger partial charge in [-0.2, -0.15) is 64.7 Å². The minimum atomic E-state index is 0. The normalized spacial score (nSPS) is 8.90. The van der Waals surface area contributed by atoms with Crippen molar-refractivity contribution in [3.8, 4) is 0 Å². The van der Waals surface area contributed by atoms with Gasteiger partial charge in [-0.3, -0.25) is 0 Å². The van der Waals surface area contributed by atoms with E-state index in [-0.39, 0.29) is 21.7 Å². The van der Waals surface area contributed by atoms with Crippen molar-refractivity contribution in [3.63, 3.8) is 0 Å². The summed E-state index contributed by atoms with van der Waals surface area (Å²) in [6, 6.07) is 10.0. The van der Waals surface area contributed by atoms with Crippen LogP contribution in [0.1, 0.15) is 68.7 Å². The molecule has 0 atom stereocenters. The summed E-state index contributed by atoms with van der Waals surface area (Å²) in [7, 11) is 0. The summed E-state index contributed by atoms with van der Waals surface area (Å²) < 4.78 is 0. The molecule has 1 heteroatoms. The van der Waals surface area contributed by atoms with E-state index >= 15 is 0 Å². The summed E-state index contributed by atoms with van der Waals surface area (Å²) in [6.45, 7) is 19.2. The zero-order chi connectivity index (χ0) is 15.7. The van der Waals surface area contributed by atoms with Crippen molar-refractivity contribution in [3.05, 3.63) is 49.1 Å². The SMILES string of the molecule is CC[C-](C)C(C)(C)C.C[CH-]C.C[CH-]C.[Ti+4].c1cc[cH-]c1. The second-order valence-electron chi connectivity index (χ2n) is 5.50. The molecule has 20 heavy (non-hydrogen) atoms. The standard InChI is InChI=1S/C8H17.C5H5.2C3H7.Ti/c1-6-7(2)8(3,4)5;1-2-4-5-3-1;2*1-3-2;/h6H2,1-5H3;1-5H;2*3H,1-2H3;/q4*-1;+4. The van der Waals surface area contributed by atoms with Crippen molar-refractivity contribution in [2.45, 2.75) is 68.7 Å². The Bertz CT molecular complexity index is 187. The smallest absolute Gasteiger partial charge is 0.335 e. The van der Waals surface area contributed by atoms with Gasteiger partial charge < -0.3 is 18.8 Å². The van der Waals surface area contributed by atoms with Crippen molar-refractivity contribution < 1.29 is 21.7 Å². The summed E-state index contributed by atoms with van der Waals surface area (Å²) in [4.78, 5) is 0. The van der Waals surface area contributed by atoms with Crippen molar-refractivity contribution in [1.29, 1.82) is 0 Å². The van der Waals surface area contributed by atoms with Crippen LogP contribution in [0.15, 0.2) is 30.3 Å². The van der Waals surface area contributed by atoms with Gasteiger partial charge in [0, 0.05) is 0 Å². The molecule has 0 unspecified atom stereocenters. The Hall–Kier alpha value is 0.0643. The molecule has 1 aromatic carbocycles. The second kappa shape index (κ2) is 21.4.